The number of ether oxygens (including phenoxy) is 1. The molecule has 136 valence electrons. The highest BCUT2D eigenvalue weighted by molar-refractivity contribution is 5.74. The standard InChI is InChI=1S/C19H25FN2O3/c20-16-4-2-15(3-5-16)19(7-9-25-10-8-19)13-21-18(24)22-17-6-1-14(11-17)12-23/h1-6,14,17,23H,7-13H2,(H2,21,22,24)/t14-,17+/m0/s1. The van der Waals surface area contributed by atoms with Gasteiger partial charge in [-0.05, 0) is 37.0 Å². The predicted octanol–water partition coefficient (Wildman–Crippen LogP) is 2.11. The van der Waals surface area contributed by atoms with Crippen LogP contribution in [0.25, 0.3) is 0 Å². The molecule has 3 rings (SSSR count). The van der Waals surface area contributed by atoms with E-state index in [1.807, 2.05) is 12.2 Å². The van der Waals surface area contributed by atoms with Gasteiger partial charge in [0.05, 0.1) is 0 Å². The maximum absolute atomic E-state index is 13.3. The van der Waals surface area contributed by atoms with Crippen LogP contribution < -0.4 is 10.6 Å². The van der Waals surface area contributed by atoms with Crippen molar-refractivity contribution in [3.8, 4) is 0 Å². The highest BCUT2D eigenvalue weighted by Crippen LogP contribution is 2.34. The van der Waals surface area contributed by atoms with E-state index in [4.69, 9.17) is 9.84 Å². The lowest BCUT2D eigenvalue weighted by Crippen LogP contribution is -2.49. The summed E-state index contributed by atoms with van der Waals surface area (Å²) in [6.07, 6.45) is 6.15. The third kappa shape index (κ3) is 4.38. The van der Waals surface area contributed by atoms with Gasteiger partial charge in [-0.15, -0.1) is 0 Å². The van der Waals surface area contributed by atoms with Crippen molar-refractivity contribution < 1.29 is 19.0 Å². The van der Waals surface area contributed by atoms with Crippen molar-refractivity contribution in [2.24, 2.45) is 5.92 Å². The van der Waals surface area contributed by atoms with Gasteiger partial charge >= 0.3 is 6.03 Å². The van der Waals surface area contributed by atoms with E-state index in [1.165, 1.54) is 12.1 Å². The molecule has 0 unspecified atom stereocenters. The lowest BCUT2D eigenvalue weighted by Gasteiger charge is -2.38. The van der Waals surface area contributed by atoms with Gasteiger partial charge in [-0.2, -0.15) is 0 Å². The molecule has 1 aliphatic heterocycles. The quantitative estimate of drug-likeness (QED) is 0.714. The Hall–Kier alpha value is -1.92. The van der Waals surface area contributed by atoms with Crippen molar-refractivity contribution in [3.63, 3.8) is 0 Å². The Labute approximate surface area is 147 Å². The molecule has 3 N–H and O–H groups in total. The Morgan fingerprint density at radius 3 is 2.60 bits per heavy atom. The molecule has 2 amide bonds. The first-order valence-electron chi connectivity index (χ1n) is 8.79. The summed E-state index contributed by atoms with van der Waals surface area (Å²) < 4.78 is 18.7. The van der Waals surface area contributed by atoms with Gasteiger partial charge in [0, 0.05) is 43.7 Å². The molecule has 0 aromatic heterocycles. The van der Waals surface area contributed by atoms with Gasteiger partial charge < -0.3 is 20.5 Å². The molecule has 6 heteroatoms. The van der Waals surface area contributed by atoms with Gasteiger partial charge in [-0.25, -0.2) is 9.18 Å². The van der Waals surface area contributed by atoms with E-state index in [0.29, 0.717) is 19.8 Å². The van der Waals surface area contributed by atoms with Gasteiger partial charge in [-0.3, -0.25) is 0 Å². The van der Waals surface area contributed by atoms with Crippen molar-refractivity contribution in [3.05, 3.63) is 47.8 Å². The number of benzene rings is 1. The summed E-state index contributed by atoms with van der Waals surface area (Å²) in [6, 6.07) is 6.25. The van der Waals surface area contributed by atoms with Crippen LogP contribution >= 0.6 is 0 Å². The number of aliphatic hydroxyl groups is 1. The van der Waals surface area contributed by atoms with E-state index in [2.05, 4.69) is 10.6 Å². The van der Waals surface area contributed by atoms with E-state index in [1.54, 1.807) is 12.1 Å². The summed E-state index contributed by atoms with van der Waals surface area (Å²) in [5, 5.41) is 15.0. The SMILES string of the molecule is O=C(NCC1(c2ccc(F)cc2)CCOCC1)N[C@@H]1C=C[C@H](CO)C1. The molecule has 25 heavy (non-hydrogen) atoms. The first kappa shape index (κ1) is 17.9. The van der Waals surface area contributed by atoms with Crippen molar-refractivity contribution in [1.82, 2.24) is 10.6 Å². The van der Waals surface area contributed by atoms with Crippen LogP contribution in [0, 0.1) is 11.7 Å². The molecule has 1 aromatic rings. The van der Waals surface area contributed by atoms with Crippen LogP contribution in [0.4, 0.5) is 9.18 Å². The Balaban J connectivity index is 1.60. The van der Waals surface area contributed by atoms with E-state index >= 15 is 0 Å². The molecule has 1 fully saturated rings. The van der Waals surface area contributed by atoms with Gasteiger partial charge in [-0.1, -0.05) is 24.3 Å². The van der Waals surface area contributed by atoms with Crippen LogP contribution in [0.1, 0.15) is 24.8 Å². The Morgan fingerprint density at radius 1 is 1.24 bits per heavy atom. The summed E-state index contributed by atoms with van der Waals surface area (Å²) in [5.41, 5.74) is 0.793. The number of rotatable bonds is 5. The molecular weight excluding hydrogens is 323 g/mol. The fourth-order valence-electron chi connectivity index (χ4n) is 3.62. The molecule has 2 atom stereocenters. The lowest BCUT2D eigenvalue weighted by atomic mass is 9.74. The fraction of sp³-hybridized carbons (Fsp3) is 0.526. The maximum atomic E-state index is 13.3. The molecule has 1 aromatic carbocycles. The third-order valence-corrected chi connectivity index (χ3v) is 5.22. The van der Waals surface area contributed by atoms with E-state index in [-0.39, 0.29) is 35.8 Å². The molecule has 2 aliphatic rings. The number of hydrogen-bond donors (Lipinski definition) is 3. The zero-order valence-electron chi connectivity index (χ0n) is 14.2. The molecule has 5 nitrogen and oxygen atoms in total. The number of carbonyl (C=O) groups excluding carboxylic acids is 1. The van der Waals surface area contributed by atoms with Crippen LogP contribution in [0.2, 0.25) is 0 Å². The molecule has 1 aliphatic carbocycles. The van der Waals surface area contributed by atoms with Crippen molar-refractivity contribution in [2.45, 2.75) is 30.7 Å². The summed E-state index contributed by atoms with van der Waals surface area (Å²) in [7, 11) is 0. The topological polar surface area (TPSA) is 70.6 Å². The zero-order valence-corrected chi connectivity index (χ0v) is 14.2. The second-order valence-electron chi connectivity index (χ2n) is 6.90. The average molecular weight is 348 g/mol. The van der Waals surface area contributed by atoms with E-state index in [0.717, 1.165) is 24.8 Å². The smallest absolute Gasteiger partial charge is 0.315 e. The second-order valence-corrected chi connectivity index (χ2v) is 6.90. The van der Waals surface area contributed by atoms with Gasteiger partial charge in [0.1, 0.15) is 5.82 Å². The van der Waals surface area contributed by atoms with Crippen molar-refractivity contribution in [2.75, 3.05) is 26.4 Å². The monoisotopic (exact) mass is 348 g/mol. The van der Waals surface area contributed by atoms with Crippen molar-refractivity contribution >= 4 is 6.03 Å². The number of halogens is 1. The van der Waals surface area contributed by atoms with Crippen LogP contribution in [0.5, 0.6) is 0 Å². The molecular formula is C19H25FN2O3. The summed E-state index contributed by atoms with van der Waals surface area (Å²) in [4.78, 5) is 12.3. The zero-order chi connectivity index (χ0) is 17.7. The summed E-state index contributed by atoms with van der Waals surface area (Å²) in [6.45, 7) is 1.84. The van der Waals surface area contributed by atoms with Crippen LogP contribution in [0.15, 0.2) is 36.4 Å². The molecule has 0 radical (unpaired) electrons. The number of amides is 2. The van der Waals surface area contributed by atoms with E-state index in [9.17, 15) is 9.18 Å². The Bertz CT molecular complexity index is 612. The first-order chi connectivity index (χ1) is 12.1. The summed E-state index contributed by atoms with van der Waals surface area (Å²) >= 11 is 0. The predicted molar refractivity (Wildman–Crippen MR) is 92.8 cm³/mol. The minimum Gasteiger partial charge on any atom is -0.396 e. The van der Waals surface area contributed by atoms with Gasteiger partial charge in [0.25, 0.3) is 0 Å². The minimum atomic E-state index is -0.261. The molecule has 0 bridgehead atoms. The minimum absolute atomic E-state index is 0.0476. The highest BCUT2D eigenvalue weighted by Gasteiger charge is 2.35. The molecule has 1 saturated heterocycles. The first-order valence-corrected chi connectivity index (χ1v) is 8.79. The lowest BCUT2D eigenvalue weighted by molar-refractivity contribution is 0.0506. The summed E-state index contributed by atoms with van der Waals surface area (Å²) in [5.74, 6) is -0.144. The maximum Gasteiger partial charge on any atom is 0.315 e. The Morgan fingerprint density at radius 2 is 1.96 bits per heavy atom. The van der Waals surface area contributed by atoms with E-state index < -0.39 is 0 Å². The highest BCUT2D eigenvalue weighted by atomic mass is 19.1. The third-order valence-electron chi connectivity index (χ3n) is 5.22. The fourth-order valence-corrected chi connectivity index (χ4v) is 3.62. The number of hydrogen-bond acceptors (Lipinski definition) is 3. The van der Waals surface area contributed by atoms with Crippen molar-refractivity contribution in [1.29, 1.82) is 0 Å². The van der Waals surface area contributed by atoms with Gasteiger partial charge in [0.2, 0.25) is 0 Å². The molecule has 0 spiro atoms. The van der Waals surface area contributed by atoms with Crippen LogP contribution in [0.3, 0.4) is 0 Å². The number of urea groups is 1. The van der Waals surface area contributed by atoms with Crippen LogP contribution in [-0.4, -0.2) is 43.5 Å². The van der Waals surface area contributed by atoms with Crippen LogP contribution in [-0.2, 0) is 10.2 Å². The largest absolute Gasteiger partial charge is 0.396 e. The number of carbonyl (C=O) groups is 1. The second kappa shape index (κ2) is 7.97. The molecule has 0 saturated carbocycles. The average Bonchev–Trinajstić information content (AvgIpc) is 3.09. The van der Waals surface area contributed by atoms with Gasteiger partial charge in [0.15, 0.2) is 0 Å². The number of nitrogens with one attached hydrogen (secondary N) is 2. The Kier molecular flexibility index (Phi) is 5.71. The number of aliphatic hydroxyl groups excluding tert-OH is 1. The molecule has 1 heterocycles. The normalized spacial score (nSPS) is 24.9.